The number of alkyl halides is 3. The van der Waals surface area contributed by atoms with Gasteiger partial charge in [-0.3, -0.25) is 4.79 Å². The van der Waals surface area contributed by atoms with Crippen LogP contribution in [0.15, 0.2) is 0 Å². The van der Waals surface area contributed by atoms with Crippen LogP contribution in [-0.4, -0.2) is 56.4 Å². The third-order valence-electron chi connectivity index (χ3n) is 3.49. The van der Waals surface area contributed by atoms with Crippen LogP contribution in [0, 0.1) is 5.41 Å². The zero-order valence-electron chi connectivity index (χ0n) is 11.3. The number of ether oxygens (including phenoxy) is 1. The summed E-state index contributed by atoms with van der Waals surface area (Å²) in [5, 5.41) is 2.65. The second-order valence-electron chi connectivity index (χ2n) is 4.59. The Morgan fingerprint density at radius 1 is 1.42 bits per heavy atom. The maximum Gasteiger partial charge on any atom is 0.404 e. The standard InChI is InChI=1S/C12H21F3N2O2/c1-3-17(7-8-19-4-2)10(18)11(12(13,14)15)5-6-16-9-11/h16H,3-9H2,1-2H3. The number of nitrogens with zero attached hydrogens (tertiary/aromatic N) is 1. The number of hydrogen-bond acceptors (Lipinski definition) is 3. The van der Waals surface area contributed by atoms with E-state index in [1.807, 2.05) is 0 Å². The number of rotatable bonds is 6. The molecule has 1 saturated heterocycles. The number of nitrogens with one attached hydrogen (secondary N) is 1. The van der Waals surface area contributed by atoms with Crippen molar-refractivity contribution in [1.82, 2.24) is 10.2 Å². The lowest BCUT2D eigenvalue weighted by Gasteiger charge is -2.34. The first-order valence-corrected chi connectivity index (χ1v) is 6.53. The average Bonchev–Trinajstić information content (AvgIpc) is 2.84. The summed E-state index contributed by atoms with van der Waals surface area (Å²) in [5.74, 6) is -0.841. The van der Waals surface area contributed by atoms with Crippen molar-refractivity contribution in [2.75, 3.05) is 39.4 Å². The lowest BCUT2D eigenvalue weighted by Crippen LogP contribution is -2.54. The molecule has 0 radical (unpaired) electrons. The first kappa shape index (κ1) is 16.2. The van der Waals surface area contributed by atoms with Crippen molar-refractivity contribution >= 4 is 5.91 Å². The van der Waals surface area contributed by atoms with Crippen LogP contribution < -0.4 is 5.32 Å². The fourth-order valence-corrected chi connectivity index (χ4v) is 2.26. The Morgan fingerprint density at radius 3 is 2.53 bits per heavy atom. The molecule has 19 heavy (non-hydrogen) atoms. The normalized spacial score (nSPS) is 23.6. The van der Waals surface area contributed by atoms with Crippen molar-refractivity contribution in [3.05, 3.63) is 0 Å². The summed E-state index contributed by atoms with van der Waals surface area (Å²) in [6.45, 7) is 4.56. The molecule has 1 aliphatic heterocycles. The molecule has 0 saturated carbocycles. The molecule has 4 nitrogen and oxygen atoms in total. The highest BCUT2D eigenvalue weighted by Gasteiger charge is 2.62. The number of carbonyl (C=O) groups is 1. The lowest BCUT2D eigenvalue weighted by atomic mass is 9.84. The third-order valence-corrected chi connectivity index (χ3v) is 3.49. The van der Waals surface area contributed by atoms with Crippen molar-refractivity contribution < 1.29 is 22.7 Å². The molecule has 1 N–H and O–H groups in total. The molecule has 0 aromatic heterocycles. The molecule has 112 valence electrons. The average molecular weight is 282 g/mol. The summed E-state index contributed by atoms with van der Waals surface area (Å²) in [6, 6.07) is 0. The van der Waals surface area contributed by atoms with Gasteiger partial charge in [0.05, 0.1) is 6.61 Å². The minimum Gasteiger partial charge on any atom is -0.380 e. The Bertz CT molecular complexity index is 302. The van der Waals surface area contributed by atoms with Gasteiger partial charge < -0.3 is 15.0 Å². The monoisotopic (exact) mass is 282 g/mol. The lowest BCUT2D eigenvalue weighted by molar-refractivity contribution is -0.221. The molecule has 1 heterocycles. The van der Waals surface area contributed by atoms with E-state index < -0.39 is 17.5 Å². The fourth-order valence-electron chi connectivity index (χ4n) is 2.26. The van der Waals surface area contributed by atoms with Crippen LogP contribution in [-0.2, 0) is 9.53 Å². The van der Waals surface area contributed by atoms with Gasteiger partial charge in [0.15, 0.2) is 5.41 Å². The summed E-state index contributed by atoms with van der Waals surface area (Å²) in [7, 11) is 0. The predicted molar refractivity (Wildman–Crippen MR) is 64.7 cm³/mol. The SMILES string of the molecule is CCOCCN(CC)C(=O)C1(C(F)(F)F)CCNC1. The number of amides is 1. The molecule has 1 rings (SSSR count). The van der Waals surface area contributed by atoms with Crippen molar-refractivity contribution in [1.29, 1.82) is 0 Å². The number of halogens is 3. The van der Waals surface area contributed by atoms with Crippen molar-refractivity contribution in [2.24, 2.45) is 5.41 Å². The summed E-state index contributed by atoms with van der Waals surface area (Å²) in [5.41, 5.74) is -2.27. The molecular formula is C12H21F3N2O2. The molecular weight excluding hydrogens is 261 g/mol. The van der Waals surface area contributed by atoms with E-state index in [9.17, 15) is 18.0 Å². The first-order chi connectivity index (χ1) is 8.89. The fraction of sp³-hybridized carbons (Fsp3) is 0.917. The van der Waals surface area contributed by atoms with Gasteiger partial charge in [-0.15, -0.1) is 0 Å². The van der Waals surface area contributed by atoms with Crippen LogP contribution in [0.1, 0.15) is 20.3 Å². The van der Waals surface area contributed by atoms with E-state index in [4.69, 9.17) is 4.74 Å². The van der Waals surface area contributed by atoms with Gasteiger partial charge in [-0.2, -0.15) is 13.2 Å². The van der Waals surface area contributed by atoms with Crippen LogP contribution in [0.3, 0.4) is 0 Å². The molecule has 7 heteroatoms. The molecule has 1 aliphatic rings. The maximum absolute atomic E-state index is 13.2. The highest BCUT2D eigenvalue weighted by molar-refractivity contribution is 5.84. The highest BCUT2D eigenvalue weighted by Crippen LogP contribution is 2.44. The molecule has 0 aromatic rings. The van der Waals surface area contributed by atoms with Gasteiger partial charge in [0.2, 0.25) is 5.91 Å². The number of carbonyl (C=O) groups excluding carboxylic acids is 1. The largest absolute Gasteiger partial charge is 0.404 e. The Balaban J connectivity index is 2.81. The van der Waals surface area contributed by atoms with E-state index in [-0.39, 0.29) is 39.2 Å². The minimum absolute atomic E-state index is 0.194. The molecule has 0 spiro atoms. The van der Waals surface area contributed by atoms with E-state index >= 15 is 0 Å². The van der Waals surface area contributed by atoms with Crippen LogP contribution >= 0.6 is 0 Å². The zero-order valence-corrected chi connectivity index (χ0v) is 11.3. The van der Waals surface area contributed by atoms with E-state index in [0.29, 0.717) is 6.61 Å². The van der Waals surface area contributed by atoms with Crippen molar-refractivity contribution in [2.45, 2.75) is 26.4 Å². The van der Waals surface area contributed by atoms with Gasteiger partial charge >= 0.3 is 6.18 Å². The van der Waals surface area contributed by atoms with E-state index in [0.717, 1.165) is 0 Å². The summed E-state index contributed by atoms with van der Waals surface area (Å²) >= 11 is 0. The minimum atomic E-state index is -4.52. The van der Waals surface area contributed by atoms with Crippen molar-refractivity contribution in [3.63, 3.8) is 0 Å². The Hall–Kier alpha value is -0.820. The van der Waals surface area contributed by atoms with Gasteiger partial charge in [-0.1, -0.05) is 0 Å². The van der Waals surface area contributed by atoms with Crippen LogP contribution in [0.4, 0.5) is 13.2 Å². The maximum atomic E-state index is 13.2. The van der Waals surface area contributed by atoms with Crippen LogP contribution in [0.2, 0.25) is 0 Å². The summed E-state index contributed by atoms with van der Waals surface area (Å²) < 4.78 is 44.8. The van der Waals surface area contributed by atoms with Gasteiger partial charge in [0, 0.05) is 26.2 Å². The van der Waals surface area contributed by atoms with Gasteiger partial charge in [0.1, 0.15) is 0 Å². The molecule has 0 bridgehead atoms. The summed E-state index contributed by atoms with van der Waals surface area (Å²) in [6.07, 6.45) is -4.72. The first-order valence-electron chi connectivity index (χ1n) is 6.53. The van der Waals surface area contributed by atoms with Crippen LogP contribution in [0.25, 0.3) is 0 Å². The molecule has 1 unspecified atom stereocenters. The quantitative estimate of drug-likeness (QED) is 0.749. The Labute approximate surface area is 111 Å². The van der Waals surface area contributed by atoms with Crippen molar-refractivity contribution in [3.8, 4) is 0 Å². The summed E-state index contributed by atoms with van der Waals surface area (Å²) in [4.78, 5) is 13.5. The van der Waals surface area contributed by atoms with Gasteiger partial charge in [-0.25, -0.2) is 0 Å². The predicted octanol–water partition coefficient (Wildman–Crippen LogP) is 1.41. The van der Waals surface area contributed by atoms with Gasteiger partial charge in [-0.05, 0) is 26.8 Å². The van der Waals surface area contributed by atoms with E-state index in [1.54, 1.807) is 13.8 Å². The smallest absolute Gasteiger partial charge is 0.380 e. The Kier molecular flexibility index (Phi) is 5.61. The molecule has 0 aliphatic carbocycles. The Morgan fingerprint density at radius 2 is 2.11 bits per heavy atom. The van der Waals surface area contributed by atoms with E-state index in [1.165, 1.54) is 4.90 Å². The molecule has 0 aromatic carbocycles. The molecule has 1 fully saturated rings. The van der Waals surface area contributed by atoms with Crippen LogP contribution in [0.5, 0.6) is 0 Å². The van der Waals surface area contributed by atoms with Gasteiger partial charge in [0.25, 0.3) is 0 Å². The molecule has 1 amide bonds. The molecule has 1 atom stereocenters. The second-order valence-corrected chi connectivity index (χ2v) is 4.59. The third kappa shape index (κ3) is 3.39. The number of likely N-dealkylation sites (N-methyl/N-ethyl adjacent to an activating group) is 1. The highest BCUT2D eigenvalue weighted by atomic mass is 19.4. The second kappa shape index (κ2) is 6.56. The topological polar surface area (TPSA) is 41.6 Å². The zero-order chi connectivity index (χ0) is 14.5. The van der Waals surface area contributed by atoms with E-state index in [2.05, 4.69) is 5.32 Å². The number of hydrogen-bond donors (Lipinski definition) is 1.